The van der Waals surface area contributed by atoms with Crippen molar-refractivity contribution in [2.75, 3.05) is 27.2 Å². The number of carbonyl (C=O) groups is 1. The highest BCUT2D eigenvalue weighted by molar-refractivity contribution is 9.12. The summed E-state index contributed by atoms with van der Waals surface area (Å²) in [7, 11) is 4.11. The van der Waals surface area contributed by atoms with Crippen LogP contribution in [-0.4, -0.2) is 48.9 Å². The highest BCUT2D eigenvalue weighted by atomic mass is 79.9. The van der Waals surface area contributed by atoms with Crippen molar-refractivity contribution in [2.24, 2.45) is 0 Å². The summed E-state index contributed by atoms with van der Waals surface area (Å²) in [6.45, 7) is 1.81. The summed E-state index contributed by atoms with van der Waals surface area (Å²) >= 11 is 8.44. The Labute approximate surface area is 128 Å². The van der Waals surface area contributed by atoms with Gasteiger partial charge in [0.1, 0.15) is 0 Å². The molecule has 1 aliphatic heterocycles. The summed E-state index contributed by atoms with van der Waals surface area (Å²) in [6, 6.07) is 2.25. The number of likely N-dealkylation sites (N-methyl/N-ethyl adjacent to an activating group) is 1. The van der Waals surface area contributed by atoms with Crippen molar-refractivity contribution in [3.8, 4) is 0 Å². The van der Waals surface area contributed by atoms with Crippen LogP contribution in [0.3, 0.4) is 0 Å². The van der Waals surface area contributed by atoms with E-state index in [-0.39, 0.29) is 5.91 Å². The molecule has 0 saturated carbocycles. The van der Waals surface area contributed by atoms with Crippen molar-refractivity contribution >= 4 is 49.1 Å². The van der Waals surface area contributed by atoms with E-state index in [4.69, 9.17) is 0 Å². The van der Waals surface area contributed by atoms with Crippen molar-refractivity contribution < 1.29 is 4.79 Å². The molecular formula is C12H16Br2N2OS. The number of thiophene rings is 1. The second kappa shape index (κ2) is 6.03. The van der Waals surface area contributed by atoms with Gasteiger partial charge >= 0.3 is 0 Å². The quantitative estimate of drug-likeness (QED) is 0.782. The first-order valence-corrected chi connectivity index (χ1v) is 8.30. The Morgan fingerprint density at radius 3 is 2.83 bits per heavy atom. The van der Waals surface area contributed by atoms with Crippen molar-refractivity contribution in [3.05, 3.63) is 19.2 Å². The Bertz CT molecular complexity index is 447. The van der Waals surface area contributed by atoms with Gasteiger partial charge in [-0.2, -0.15) is 0 Å². The van der Waals surface area contributed by atoms with Gasteiger partial charge in [0.05, 0.1) is 13.1 Å². The minimum absolute atomic E-state index is 0.146. The van der Waals surface area contributed by atoms with Gasteiger partial charge in [0.25, 0.3) is 5.91 Å². The molecule has 0 spiro atoms. The minimum atomic E-state index is 0.146. The summed E-state index contributed by atoms with van der Waals surface area (Å²) < 4.78 is 1.90. The summed E-state index contributed by atoms with van der Waals surface area (Å²) in [5, 5.41) is 0. The van der Waals surface area contributed by atoms with Crippen LogP contribution in [0.2, 0.25) is 0 Å². The molecule has 1 unspecified atom stereocenters. The smallest absolute Gasteiger partial charge is 0.256 e. The van der Waals surface area contributed by atoms with Crippen LogP contribution in [-0.2, 0) is 0 Å². The minimum Gasteiger partial charge on any atom is -0.334 e. The molecule has 0 radical (unpaired) electrons. The van der Waals surface area contributed by atoms with E-state index in [2.05, 4.69) is 50.9 Å². The van der Waals surface area contributed by atoms with E-state index in [0.29, 0.717) is 6.04 Å². The second-order valence-electron chi connectivity index (χ2n) is 4.79. The van der Waals surface area contributed by atoms with Crippen LogP contribution in [0.1, 0.15) is 23.2 Å². The van der Waals surface area contributed by atoms with E-state index >= 15 is 0 Å². The molecule has 1 aromatic heterocycles. The maximum absolute atomic E-state index is 12.5. The van der Waals surface area contributed by atoms with Crippen molar-refractivity contribution in [1.82, 2.24) is 9.80 Å². The van der Waals surface area contributed by atoms with E-state index in [1.54, 1.807) is 11.3 Å². The standard InChI is InChI=1S/C12H16Br2N2OS/c1-15(2)7-8-4-3-5-16(8)12(17)9-6-10(13)18-11(9)14/h6,8H,3-5,7H2,1-2H3. The van der Waals surface area contributed by atoms with Crippen molar-refractivity contribution in [2.45, 2.75) is 18.9 Å². The molecule has 1 amide bonds. The Morgan fingerprint density at radius 1 is 1.56 bits per heavy atom. The Morgan fingerprint density at radius 2 is 2.28 bits per heavy atom. The lowest BCUT2D eigenvalue weighted by molar-refractivity contribution is 0.0716. The van der Waals surface area contributed by atoms with Crippen molar-refractivity contribution in [3.63, 3.8) is 0 Å². The number of rotatable bonds is 3. The first-order valence-electron chi connectivity index (χ1n) is 5.89. The number of hydrogen-bond donors (Lipinski definition) is 0. The zero-order valence-electron chi connectivity index (χ0n) is 10.4. The van der Waals surface area contributed by atoms with Crippen molar-refractivity contribution in [1.29, 1.82) is 0 Å². The fraction of sp³-hybridized carbons (Fsp3) is 0.583. The van der Waals surface area contributed by atoms with Gasteiger partial charge in [-0.15, -0.1) is 11.3 Å². The topological polar surface area (TPSA) is 23.6 Å². The third-order valence-corrected chi connectivity index (χ3v) is 5.44. The molecule has 0 N–H and O–H groups in total. The van der Waals surface area contributed by atoms with Gasteiger partial charge in [-0.1, -0.05) is 0 Å². The molecule has 2 rings (SSSR count). The molecular weight excluding hydrogens is 380 g/mol. The van der Waals surface area contributed by atoms with Gasteiger partial charge < -0.3 is 9.80 Å². The Kier molecular flexibility index (Phi) is 4.86. The first-order chi connectivity index (χ1) is 8.49. The molecule has 2 heterocycles. The SMILES string of the molecule is CN(C)CC1CCCN1C(=O)c1cc(Br)sc1Br. The first kappa shape index (κ1) is 14.5. The van der Waals surface area contributed by atoms with Crippen LogP contribution in [0.15, 0.2) is 13.6 Å². The highest BCUT2D eigenvalue weighted by Crippen LogP contribution is 2.34. The van der Waals surface area contributed by atoms with Gasteiger partial charge in [0.15, 0.2) is 0 Å². The van der Waals surface area contributed by atoms with E-state index in [0.717, 1.165) is 39.1 Å². The fourth-order valence-corrected chi connectivity index (χ4v) is 5.13. The number of amides is 1. The second-order valence-corrected chi connectivity index (χ2v) is 8.54. The predicted octanol–water partition coefficient (Wildman–Crippen LogP) is 3.44. The Hall–Kier alpha value is 0.0900. The number of nitrogens with zero attached hydrogens (tertiary/aromatic N) is 2. The molecule has 1 saturated heterocycles. The van der Waals surface area contributed by atoms with E-state index < -0.39 is 0 Å². The van der Waals surface area contributed by atoms with Crippen LogP contribution in [0.5, 0.6) is 0 Å². The van der Waals surface area contributed by atoms with Gasteiger partial charge in [-0.3, -0.25) is 4.79 Å². The van der Waals surface area contributed by atoms with Crippen LogP contribution < -0.4 is 0 Å². The average molecular weight is 396 g/mol. The summed E-state index contributed by atoms with van der Waals surface area (Å²) in [5.74, 6) is 0.146. The number of hydrogen-bond acceptors (Lipinski definition) is 3. The molecule has 100 valence electrons. The summed E-state index contributed by atoms with van der Waals surface area (Å²) in [4.78, 5) is 16.7. The molecule has 0 aliphatic carbocycles. The maximum atomic E-state index is 12.5. The van der Waals surface area contributed by atoms with Crippen LogP contribution >= 0.6 is 43.2 Å². The van der Waals surface area contributed by atoms with Gasteiger partial charge in [0.2, 0.25) is 0 Å². The number of likely N-dealkylation sites (tertiary alicyclic amines) is 1. The lowest BCUT2D eigenvalue weighted by Gasteiger charge is -2.27. The zero-order chi connectivity index (χ0) is 13.3. The van der Waals surface area contributed by atoms with Crippen LogP contribution in [0.25, 0.3) is 0 Å². The zero-order valence-corrected chi connectivity index (χ0v) is 14.4. The van der Waals surface area contributed by atoms with E-state index in [1.165, 1.54) is 0 Å². The van der Waals surface area contributed by atoms with Gasteiger partial charge in [-0.05, 0) is 64.9 Å². The summed E-state index contributed by atoms with van der Waals surface area (Å²) in [6.07, 6.45) is 2.21. The molecule has 3 nitrogen and oxygen atoms in total. The third-order valence-electron chi connectivity index (χ3n) is 3.10. The lowest BCUT2D eigenvalue weighted by atomic mass is 10.2. The van der Waals surface area contributed by atoms with Gasteiger partial charge in [-0.25, -0.2) is 0 Å². The van der Waals surface area contributed by atoms with E-state index in [9.17, 15) is 4.79 Å². The molecule has 0 bridgehead atoms. The summed E-state index contributed by atoms with van der Waals surface area (Å²) in [5.41, 5.74) is 0.775. The molecule has 1 aromatic rings. The van der Waals surface area contributed by atoms with Crippen LogP contribution in [0, 0.1) is 0 Å². The fourth-order valence-electron chi connectivity index (χ4n) is 2.36. The molecule has 6 heteroatoms. The molecule has 1 fully saturated rings. The largest absolute Gasteiger partial charge is 0.334 e. The maximum Gasteiger partial charge on any atom is 0.256 e. The van der Waals surface area contributed by atoms with Crippen LogP contribution in [0.4, 0.5) is 0 Å². The Balaban J connectivity index is 2.15. The normalized spacial score (nSPS) is 19.8. The number of carbonyl (C=O) groups excluding carboxylic acids is 1. The molecule has 1 atom stereocenters. The highest BCUT2D eigenvalue weighted by Gasteiger charge is 2.31. The average Bonchev–Trinajstić information content (AvgIpc) is 2.83. The molecule has 18 heavy (non-hydrogen) atoms. The predicted molar refractivity (Wildman–Crippen MR) is 82.3 cm³/mol. The molecule has 1 aliphatic rings. The number of halogens is 2. The lowest BCUT2D eigenvalue weighted by Crippen LogP contribution is -2.41. The third kappa shape index (κ3) is 3.15. The van der Waals surface area contributed by atoms with E-state index in [1.807, 2.05) is 11.0 Å². The monoisotopic (exact) mass is 394 g/mol. The molecule has 0 aromatic carbocycles. The van der Waals surface area contributed by atoms with Gasteiger partial charge in [0, 0.05) is 19.1 Å².